The van der Waals surface area contributed by atoms with Crippen LogP contribution in [0.1, 0.15) is 6.42 Å². The zero-order chi connectivity index (χ0) is 15.9. The molecule has 1 rings (SSSR count). The molecular weight excluding hydrogens is 291 g/mol. The highest BCUT2D eigenvalue weighted by molar-refractivity contribution is 5.92. The van der Waals surface area contributed by atoms with Crippen molar-refractivity contribution in [2.75, 3.05) is 19.0 Å². The van der Waals surface area contributed by atoms with Crippen LogP contribution in [0.15, 0.2) is 29.3 Å². The average molecular weight is 305 g/mol. The summed E-state index contributed by atoms with van der Waals surface area (Å²) in [4.78, 5) is 14.7. The molecule has 0 radical (unpaired) electrons. The van der Waals surface area contributed by atoms with E-state index < -0.39 is 12.3 Å². The third-order valence-corrected chi connectivity index (χ3v) is 2.19. The summed E-state index contributed by atoms with van der Waals surface area (Å²) in [5.41, 5.74) is 5.98. The van der Waals surface area contributed by atoms with Gasteiger partial charge in [-0.25, -0.2) is 0 Å². The molecule has 0 spiro atoms. The zero-order valence-corrected chi connectivity index (χ0v) is 11.1. The summed E-state index contributed by atoms with van der Waals surface area (Å²) >= 11 is 0. The lowest BCUT2D eigenvalue weighted by atomic mass is 10.3. The van der Waals surface area contributed by atoms with Crippen LogP contribution in [0.3, 0.4) is 0 Å². The lowest BCUT2D eigenvalue weighted by Crippen LogP contribution is -2.23. The highest BCUT2D eigenvalue weighted by Crippen LogP contribution is 2.23. The summed E-state index contributed by atoms with van der Waals surface area (Å²) in [6.45, 7) is 0.140. The number of anilines is 1. The monoisotopic (exact) mass is 305 g/mol. The summed E-state index contributed by atoms with van der Waals surface area (Å²) in [5.74, 6) is -0.724. The maximum Gasteiger partial charge on any atom is 0.573 e. The molecule has 0 aliphatic carbocycles. The second-order valence-electron chi connectivity index (χ2n) is 3.79. The van der Waals surface area contributed by atoms with Gasteiger partial charge in [0.1, 0.15) is 5.75 Å². The van der Waals surface area contributed by atoms with E-state index in [9.17, 15) is 18.0 Å². The van der Waals surface area contributed by atoms with Crippen molar-refractivity contribution in [1.29, 1.82) is 0 Å². The van der Waals surface area contributed by atoms with Crippen molar-refractivity contribution in [2.45, 2.75) is 12.8 Å². The summed E-state index contributed by atoms with van der Waals surface area (Å²) in [5, 5.41) is 2.66. The summed E-state index contributed by atoms with van der Waals surface area (Å²) < 4.78 is 44.1. The smallest absolute Gasteiger partial charge is 0.469 e. The molecule has 1 aromatic carbocycles. The van der Waals surface area contributed by atoms with Crippen molar-refractivity contribution in [1.82, 2.24) is 0 Å². The Kier molecular flexibility index (Phi) is 5.82. The molecule has 21 heavy (non-hydrogen) atoms. The maximum atomic E-state index is 12.0. The Hall–Kier alpha value is -2.45. The van der Waals surface area contributed by atoms with Gasteiger partial charge in [0.15, 0.2) is 5.96 Å². The van der Waals surface area contributed by atoms with E-state index in [0.29, 0.717) is 5.69 Å². The van der Waals surface area contributed by atoms with E-state index in [1.165, 1.54) is 19.2 Å². The van der Waals surface area contributed by atoms with Crippen LogP contribution in [0.2, 0.25) is 0 Å². The van der Waals surface area contributed by atoms with E-state index in [2.05, 4.69) is 19.8 Å². The van der Waals surface area contributed by atoms with Crippen molar-refractivity contribution < 1.29 is 27.4 Å². The third-order valence-electron chi connectivity index (χ3n) is 2.19. The largest absolute Gasteiger partial charge is 0.573 e. The van der Waals surface area contributed by atoms with Crippen molar-refractivity contribution >= 4 is 17.6 Å². The van der Waals surface area contributed by atoms with Crippen LogP contribution >= 0.6 is 0 Å². The molecule has 0 saturated heterocycles. The Morgan fingerprint density at radius 1 is 1.33 bits per heavy atom. The van der Waals surface area contributed by atoms with Gasteiger partial charge in [0.05, 0.1) is 20.1 Å². The number of ether oxygens (including phenoxy) is 2. The van der Waals surface area contributed by atoms with E-state index in [0.717, 1.165) is 12.1 Å². The van der Waals surface area contributed by atoms with Gasteiger partial charge in [0.25, 0.3) is 0 Å². The molecule has 0 amide bonds. The number of nitrogens with two attached hydrogens (primary N) is 1. The van der Waals surface area contributed by atoms with Gasteiger partial charge in [-0.3, -0.25) is 9.79 Å². The first kappa shape index (κ1) is 16.6. The third kappa shape index (κ3) is 7.04. The molecule has 0 aromatic heterocycles. The molecule has 6 nitrogen and oxygen atoms in total. The Morgan fingerprint density at radius 2 is 1.95 bits per heavy atom. The number of alkyl halides is 3. The summed E-state index contributed by atoms with van der Waals surface area (Å²) in [6, 6.07) is 4.97. The van der Waals surface area contributed by atoms with Gasteiger partial charge >= 0.3 is 12.3 Å². The van der Waals surface area contributed by atoms with Gasteiger partial charge in [-0.1, -0.05) is 0 Å². The number of hydrogen-bond acceptors (Lipinski definition) is 4. The lowest BCUT2D eigenvalue weighted by molar-refractivity contribution is -0.274. The second kappa shape index (κ2) is 7.36. The number of nitrogens with one attached hydrogen (secondary N) is 1. The number of methoxy groups -OCH3 is 1. The molecule has 0 unspecified atom stereocenters. The molecule has 1 aromatic rings. The van der Waals surface area contributed by atoms with Gasteiger partial charge in [0.2, 0.25) is 0 Å². The van der Waals surface area contributed by atoms with Gasteiger partial charge in [-0.15, -0.1) is 13.2 Å². The number of benzene rings is 1. The van der Waals surface area contributed by atoms with Gasteiger partial charge in [-0.05, 0) is 24.3 Å². The van der Waals surface area contributed by atoms with Crippen molar-refractivity contribution in [3.05, 3.63) is 24.3 Å². The lowest BCUT2D eigenvalue weighted by Gasteiger charge is -2.10. The quantitative estimate of drug-likeness (QED) is 0.493. The summed E-state index contributed by atoms with van der Waals surface area (Å²) in [6.07, 6.45) is -4.65. The van der Waals surface area contributed by atoms with Crippen LogP contribution in [0.25, 0.3) is 0 Å². The van der Waals surface area contributed by atoms with Gasteiger partial charge < -0.3 is 20.5 Å². The topological polar surface area (TPSA) is 85.9 Å². The molecule has 9 heteroatoms. The number of aliphatic imine (C=N–C) groups is 1. The minimum absolute atomic E-state index is 0.0309. The second-order valence-corrected chi connectivity index (χ2v) is 3.79. The number of hydrogen-bond donors (Lipinski definition) is 2. The molecule has 0 fully saturated rings. The van der Waals surface area contributed by atoms with Gasteiger partial charge in [0, 0.05) is 5.69 Å². The van der Waals surface area contributed by atoms with E-state index in [4.69, 9.17) is 5.73 Å². The molecular formula is C12H14F3N3O3. The Morgan fingerprint density at radius 3 is 2.48 bits per heavy atom. The molecule has 0 aliphatic rings. The number of carbonyl (C=O) groups is 1. The molecule has 0 aliphatic heterocycles. The highest BCUT2D eigenvalue weighted by atomic mass is 19.4. The normalized spacial score (nSPS) is 11.9. The zero-order valence-electron chi connectivity index (χ0n) is 11.1. The number of rotatable bonds is 5. The standard InChI is InChI=1S/C12H14F3N3O3/c1-20-10(19)6-7-17-11(16)18-8-2-4-9(5-3-8)21-12(13,14)15/h2-5H,6-7H2,1H3,(H3,16,17,18). The number of carbonyl (C=O) groups excluding carboxylic acids is 1. The fourth-order valence-electron chi connectivity index (χ4n) is 1.30. The molecule has 116 valence electrons. The van der Waals surface area contributed by atoms with Crippen LogP contribution in [0.4, 0.5) is 18.9 Å². The SMILES string of the molecule is COC(=O)CCN=C(N)Nc1ccc(OC(F)(F)F)cc1. The number of guanidine groups is 1. The Bertz CT molecular complexity index is 501. The van der Waals surface area contributed by atoms with Crippen molar-refractivity contribution in [3.8, 4) is 5.75 Å². The van der Waals surface area contributed by atoms with Gasteiger partial charge in [-0.2, -0.15) is 0 Å². The average Bonchev–Trinajstić information content (AvgIpc) is 2.39. The minimum Gasteiger partial charge on any atom is -0.469 e. The van der Waals surface area contributed by atoms with Crippen LogP contribution in [-0.4, -0.2) is 31.9 Å². The first-order valence-electron chi connectivity index (χ1n) is 5.80. The Labute approximate surface area is 118 Å². The van der Waals surface area contributed by atoms with Crippen LogP contribution in [0.5, 0.6) is 5.75 Å². The minimum atomic E-state index is -4.73. The van der Waals surface area contributed by atoms with E-state index in [-0.39, 0.29) is 24.7 Å². The van der Waals surface area contributed by atoms with Crippen LogP contribution in [0, 0.1) is 0 Å². The number of esters is 1. The molecule has 0 atom stereocenters. The number of nitrogens with zero attached hydrogens (tertiary/aromatic N) is 1. The molecule has 0 heterocycles. The highest BCUT2D eigenvalue weighted by Gasteiger charge is 2.30. The number of halogens is 3. The molecule has 0 bridgehead atoms. The molecule has 3 N–H and O–H groups in total. The van der Waals surface area contributed by atoms with Crippen LogP contribution in [-0.2, 0) is 9.53 Å². The predicted octanol–water partition coefficient (Wildman–Crippen LogP) is 1.87. The summed E-state index contributed by atoms with van der Waals surface area (Å²) in [7, 11) is 1.26. The van der Waals surface area contributed by atoms with Crippen molar-refractivity contribution in [3.63, 3.8) is 0 Å². The molecule has 0 saturated carbocycles. The van der Waals surface area contributed by atoms with Crippen LogP contribution < -0.4 is 15.8 Å². The van der Waals surface area contributed by atoms with E-state index in [1.807, 2.05) is 0 Å². The van der Waals surface area contributed by atoms with E-state index >= 15 is 0 Å². The Balaban J connectivity index is 2.51. The van der Waals surface area contributed by atoms with Crippen molar-refractivity contribution in [2.24, 2.45) is 10.7 Å². The fourth-order valence-corrected chi connectivity index (χ4v) is 1.30. The predicted molar refractivity (Wildman–Crippen MR) is 69.9 cm³/mol. The fraction of sp³-hybridized carbons (Fsp3) is 0.333. The maximum absolute atomic E-state index is 12.0. The first-order chi connectivity index (χ1) is 9.80. The van der Waals surface area contributed by atoms with E-state index in [1.54, 1.807) is 0 Å². The first-order valence-corrected chi connectivity index (χ1v) is 5.80.